The number of carbonyl (C=O) groups excluding carboxylic acids is 1. The third-order valence-electron chi connectivity index (χ3n) is 0.660. The Balaban J connectivity index is 3.24. The first-order valence-electron chi connectivity index (χ1n) is 3.04. The molecule has 0 aromatic carbocycles. The zero-order valence-electron chi connectivity index (χ0n) is 6.22. The van der Waals surface area contributed by atoms with Gasteiger partial charge >= 0.3 is 6.09 Å². The summed E-state index contributed by atoms with van der Waals surface area (Å²) in [4.78, 5) is 15.2. The number of carbonyl (C=O) groups is 1. The number of hydroxylamine groups is 1. The van der Waals surface area contributed by atoms with Gasteiger partial charge in [0.2, 0.25) is 0 Å². The van der Waals surface area contributed by atoms with Crippen molar-refractivity contribution in [2.75, 3.05) is 13.2 Å². The van der Waals surface area contributed by atoms with E-state index in [1.165, 1.54) is 0 Å². The van der Waals surface area contributed by atoms with Gasteiger partial charge < -0.3 is 4.74 Å². The lowest BCUT2D eigenvalue weighted by atomic mass is 10.7. The van der Waals surface area contributed by atoms with Crippen LogP contribution in [-0.4, -0.2) is 19.3 Å². The van der Waals surface area contributed by atoms with Gasteiger partial charge in [0.05, 0.1) is 6.61 Å². The second-order valence-corrected chi connectivity index (χ2v) is 2.75. The smallest absolute Gasteiger partial charge is 0.431 e. The Morgan fingerprint density at radius 1 is 1.73 bits per heavy atom. The highest BCUT2D eigenvalue weighted by Crippen LogP contribution is 1.98. The van der Waals surface area contributed by atoms with Gasteiger partial charge in [0.25, 0.3) is 0 Å². The number of halogens is 1. The summed E-state index contributed by atoms with van der Waals surface area (Å²) in [6, 6.07) is 0. The molecule has 4 nitrogen and oxygen atoms in total. The van der Waals surface area contributed by atoms with E-state index in [-0.39, 0.29) is 6.61 Å². The summed E-state index contributed by atoms with van der Waals surface area (Å²) < 4.78 is 5.15. The predicted octanol–water partition coefficient (Wildman–Crippen LogP) is 1.57. The van der Waals surface area contributed by atoms with Crippen molar-refractivity contribution < 1.29 is 14.4 Å². The summed E-state index contributed by atoms with van der Waals surface area (Å²) in [6.07, 6.45) is -0.596. The molecule has 0 spiro atoms. The van der Waals surface area contributed by atoms with Gasteiger partial charge in [0.15, 0.2) is 0 Å². The maximum atomic E-state index is 10.5. The van der Waals surface area contributed by atoms with Gasteiger partial charge in [-0.25, -0.2) is 4.79 Å². The van der Waals surface area contributed by atoms with Crippen molar-refractivity contribution in [3.8, 4) is 0 Å². The second-order valence-electron chi connectivity index (χ2n) is 1.63. The zero-order chi connectivity index (χ0) is 8.69. The lowest BCUT2D eigenvalue weighted by molar-refractivity contribution is 0.0432. The molecule has 0 unspecified atom stereocenters. The van der Waals surface area contributed by atoms with E-state index in [0.717, 1.165) is 0 Å². The van der Waals surface area contributed by atoms with Gasteiger partial charge in [-0.2, -0.15) is 5.48 Å². The number of rotatable bonds is 4. The predicted molar refractivity (Wildman–Crippen MR) is 44.2 cm³/mol. The molecule has 0 aromatic heterocycles. The van der Waals surface area contributed by atoms with Gasteiger partial charge in [-0.15, -0.1) is 0 Å². The summed E-state index contributed by atoms with van der Waals surface area (Å²) in [5, 5.41) is 0. The lowest BCUT2D eigenvalue weighted by Crippen LogP contribution is -2.24. The molecule has 5 heteroatoms. The third kappa shape index (κ3) is 7.35. The summed E-state index contributed by atoms with van der Waals surface area (Å²) in [7, 11) is 0. The van der Waals surface area contributed by atoms with Crippen LogP contribution in [0.2, 0.25) is 0 Å². The van der Waals surface area contributed by atoms with E-state index in [4.69, 9.17) is 0 Å². The quantitative estimate of drug-likeness (QED) is 0.737. The first kappa shape index (κ1) is 10.4. The molecule has 64 valence electrons. The summed E-state index contributed by atoms with van der Waals surface area (Å²) in [5.74, 6) is 0. The van der Waals surface area contributed by atoms with Gasteiger partial charge in [0.1, 0.15) is 6.61 Å². The van der Waals surface area contributed by atoms with Crippen molar-refractivity contribution in [2.45, 2.75) is 6.92 Å². The normalized spacial score (nSPS) is 8.91. The number of ether oxygens (including phenoxy) is 1. The number of nitrogens with one attached hydrogen (secondary N) is 1. The Kier molecular flexibility index (Phi) is 5.87. The molecule has 0 atom stereocenters. The van der Waals surface area contributed by atoms with Crippen LogP contribution < -0.4 is 5.48 Å². The van der Waals surface area contributed by atoms with Crippen LogP contribution in [0.5, 0.6) is 0 Å². The number of hydrogen-bond donors (Lipinski definition) is 1. The number of amides is 1. The van der Waals surface area contributed by atoms with Crippen LogP contribution in [0.1, 0.15) is 6.92 Å². The molecule has 0 aliphatic heterocycles. The molecule has 0 rings (SSSR count). The highest BCUT2D eigenvalue weighted by Gasteiger charge is 1.98. The van der Waals surface area contributed by atoms with Crippen LogP contribution in [0.25, 0.3) is 0 Å². The maximum Gasteiger partial charge on any atom is 0.431 e. The van der Waals surface area contributed by atoms with Gasteiger partial charge in [0, 0.05) is 4.48 Å². The highest BCUT2D eigenvalue weighted by molar-refractivity contribution is 9.11. The van der Waals surface area contributed by atoms with Crippen molar-refractivity contribution >= 4 is 22.0 Å². The minimum absolute atomic E-state index is 0.221. The van der Waals surface area contributed by atoms with Crippen LogP contribution in [0.15, 0.2) is 11.1 Å². The Morgan fingerprint density at radius 2 is 2.36 bits per heavy atom. The fourth-order valence-electron chi connectivity index (χ4n) is 0.334. The molecular formula is C6H10BrNO3. The van der Waals surface area contributed by atoms with E-state index in [0.29, 0.717) is 11.1 Å². The molecule has 0 saturated carbocycles. The minimum Gasteiger partial charge on any atom is -0.448 e. The van der Waals surface area contributed by atoms with E-state index in [9.17, 15) is 4.79 Å². The summed E-state index contributed by atoms with van der Waals surface area (Å²) in [5.41, 5.74) is 2.06. The van der Waals surface area contributed by atoms with Crippen LogP contribution in [0.3, 0.4) is 0 Å². The summed E-state index contributed by atoms with van der Waals surface area (Å²) >= 11 is 3.05. The van der Waals surface area contributed by atoms with Crippen LogP contribution in [0.4, 0.5) is 4.79 Å². The molecular weight excluding hydrogens is 214 g/mol. The molecule has 0 bridgehead atoms. The molecule has 0 saturated heterocycles. The van der Waals surface area contributed by atoms with Crippen molar-refractivity contribution in [3.05, 3.63) is 11.1 Å². The summed E-state index contributed by atoms with van der Waals surface area (Å²) in [6.45, 7) is 5.75. The number of hydrogen-bond acceptors (Lipinski definition) is 3. The molecule has 0 aromatic rings. The van der Waals surface area contributed by atoms with Crippen molar-refractivity contribution in [2.24, 2.45) is 0 Å². The van der Waals surface area contributed by atoms with E-state index >= 15 is 0 Å². The van der Waals surface area contributed by atoms with Gasteiger partial charge in [-0.1, -0.05) is 22.5 Å². The fraction of sp³-hybridized carbons (Fsp3) is 0.500. The Labute approximate surface area is 73.6 Å². The first-order chi connectivity index (χ1) is 5.16. The zero-order valence-corrected chi connectivity index (χ0v) is 7.81. The highest BCUT2D eigenvalue weighted by atomic mass is 79.9. The second kappa shape index (κ2) is 6.18. The Morgan fingerprint density at radius 3 is 2.82 bits per heavy atom. The van der Waals surface area contributed by atoms with Crippen LogP contribution >= 0.6 is 15.9 Å². The molecule has 1 amide bonds. The molecule has 0 fully saturated rings. The first-order valence-corrected chi connectivity index (χ1v) is 3.84. The van der Waals surface area contributed by atoms with Crippen molar-refractivity contribution in [3.63, 3.8) is 0 Å². The van der Waals surface area contributed by atoms with E-state index in [2.05, 4.69) is 37.6 Å². The SMILES string of the molecule is C=C(Br)CONC(=O)OCC. The molecule has 0 aliphatic rings. The average Bonchev–Trinajstić information content (AvgIpc) is 1.87. The Bertz CT molecular complexity index is 149. The van der Waals surface area contributed by atoms with E-state index in [1.54, 1.807) is 6.92 Å². The molecule has 0 aliphatic carbocycles. The van der Waals surface area contributed by atoms with Crippen LogP contribution in [-0.2, 0) is 9.57 Å². The van der Waals surface area contributed by atoms with E-state index < -0.39 is 6.09 Å². The van der Waals surface area contributed by atoms with Crippen LogP contribution in [0, 0.1) is 0 Å². The molecule has 1 N–H and O–H groups in total. The van der Waals surface area contributed by atoms with Crippen molar-refractivity contribution in [1.82, 2.24) is 5.48 Å². The molecule has 11 heavy (non-hydrogen) atoms. The molecule has 0 heterocycles. The molecule has 0 radical (unpaired) electrons. The topological polar surface area (TPSA) is 47.6 Å². The largest absolute Gasteiger partial charge is 0.448 e. The fourth-order valence-corrected chi connectivity index (χ4v) is 0.448. The maximum absolute atomic E-state index is 10.5. The minimum atomic E-state index is -0.596. The van der Waals surface area contributed by atoms with Gasteiger partial charge in [-0.3, -0.25) is 4.84 Å². The third-order valence-corrected chi connectivity index (χ3v) is 0.889. The standard InChI is InChI=1S/C6H10BrNO3/c1-3-10-6(9)8-11-4-5(2)7/h2-4H2,1H3,(H,8,9). The average molecular weight is 224 g/mol. The van der Waals surface area contributed by atoms with E-state index in [1.807, 2.05) is 0 Å². The monoisotopic (exact) mass is 223 g/mol. The Hall–Kier alpha value is -0.550. The van der Waals surface area contributed by atoms with Crippen molar-refractivity contribution in [1.29, 1.82) is 0 Å². The van der Waals surface area contributed by atoms with Gasteiger partial charge in [-0.05, 0) is 6.92 Å². The lowest BCUT2D eigenvalue weighted by Gasteiger charge is -2.03.